The highest BCUT2D eigenvalue weighted by Crippen LogP contribution is 2.03. The van der Waals surface area contributed by atoms with Gasteiger partial charge in [0.1, 0.15) is 5.69 Å². The summed E-state index contributed by atoms with van der Waals surface area (Å²) < 4.78 is 7.17. The maximum absolute atomic E-state index is 11.3. The number of carbonyl (C=O) groups excluding carboxylic acids is 1. The first kappa shape index (κ1) is 14.6. The molecule has 0 aliphatic rings. The Morgan fingerprint density at radius 1 is 1.56 bits per heavy atom. The molecule has 1 heterocycles. The van der Waals surface area contributed by atoms with Crippen molar-refractivity contribution in [2.45, 2.75) is 46.3 Å². The van der Waals surface area contributed by atoms with Crippen molar-refractivity contribution in [1.29, 1.82) is 0 Å². The lowest BCUT2D eigenvalue weighted by atomic mass is 10.4. The molecule has 0 bridgehead atoms. The Kier molecular flexibility index (Phi) is 6.35. The Bertz CT molecular complexity index is 363. The topological polar surface area (TPSA) is 69.0 Å². The summed E-state index contributed by atoms with van der Waals surface area (Å²) >= 11 is 0. The van der Waals surface area contributed by atoms with Crippen molar-refractivity contribution in [3.63, 3.8) is 0 Å². The van der Waals surface area contributed by atoms with Crippen LogP contribution < -0.4 is 5.32 Å². The molecule has 0 fully saturated rings. The fourth-order valence-electron chi connectivity index (χ4n) is 1.33. The van der Waals surface area contributed by atoms with Crippen LogP contribution in [0.3, 0.4) is 0 Å². The molecule has 102 valence electrons. The molecule has 1 amide bonds. The average Bonchev–Trinajstić information content (AvgIpc) is 2.81. The number of amides is 1. The van der Waals surface area contributed by atoms with Crippen molar-refractivity contribution < 1.29 is 9.53 Å². The van der Waals surface area contributed by atoms with E-state index in [0.29, 0.717) is 25.7 Å². The second kappa shape index (κ2) is 7.81. The number of carbonyl (C=O) groups is 1. The summed E-state index contributed by atoms with van der Waals surface area (Å²) in [5.41, 5.74) is 0.790. The summed E-state index contributed by atoms with van der Waals surface area (Å²) in [5, 5.41) is 10.8. The number of hydrogen-bond acceptors (Lipinski definition) is 4. The van der Waals surface area contributed by atoms with Crippen LogP contribution in [0.4, 0.5) is 0 Å². The molecule has 6 nitrogen and oxygen atoms in total. The number of nitrogens with zero attached hydrogens (tertiary/aromatic N) is 3. The minimum atomic E-state index is 0.0303. The van der Waals surface area contributed by atoms with Crippen molar-refractivity contribution in [2.24, 2.45) is 0 Å². The second-order valence-electron chi connectivity index (χ2n) is 4.44. The largest absolute Gasteiger partial charge is 0.374 e. The van der Waals surface area contributed by atoms with Gasteiger partial charge in [-0.25, -0.2) is 4.68 Å². The Labute approximate surface area is 108 Å². The summed E-state index contributed by atoms with van der Waals surface area (Å²) in [6.45, 7) is 7.63. The molecule has 0 radical (unpaired) electrons. The van der Waals surface area contributed by atoms with Crippen molar-refractivity contribution in [1.82, 2.24) is 20.3 Å². The molecule has 18 heavy (non-hydrogen) atoms. The standard InChI is InChI=1S/C12H22N4O2/c1-4-6-13-12(17)5-7-18-9-11-8-16(10(2)3)15-14-11/h8,10H,4-7,9H2,1-3H3,(H,13,17). The first-order chi connectivity index (χ1) is 8.63. The molecule has 6 heteroatoms. The van der Waals surface area contributed by atoms with Gasteiger partial charge >= 0.3 is 0 Å². The van der Waals surface area contributed by atoms with E-state index in [0.717, 1.165) is 18.7 Å². The van der Waals surface area contributed by atoms with E-state index in [2.05, 4.69) is 15.6 Å². The fraction of sp³-hybridized carbons (Fsp3) is 0.750. The van der Waals surface area contributed by atoms with Crippen LogP contribution in [0.15, 0.2) is 6.20 Å². The monoisotopic (exact) mass is 254 g/mol. The van der Waals surface area contributed by atoms with Gasteiger partial charge in [0, 0.05) is 19.0 Å². The molecule has 0 aliphatic heterocycles. The van der Waals surface area contributed by atoms with Crippen LogP contribution in [-0.2, 0) is 16.1 Å². The molecule has 0 unspecified atom stereocenters. The highest BCUT2D eigenvalue weighted by atomic mass is 16.5. The number of nitrogens with one attached hydrogen (secondary N) is 1. The van der Waals surface area contributed by atoms with Gasteiger partial charge in [0.15, 0.2) is 0 Å². The zero-order chi connectivity index (χ0) is 13.4. The van der Waals surface area contributed by atoms with Gasteiger partial charge in [-0.1, -0.05) is 12.1 Å². The lowest BCUT2D eigenvalue weighted by Crippen LogP contribution is -2.24. The van der Waals surface area contributed by atoms with Crippen LogP contribution >= 0.6 is 0 Å². The minimum absolute atomic E-state index is 0.0303. The van der Waals surface area contributed by atoms with Gasteiger partial charge in [-0.05, 0) is 20.3 Å². The van der Waals surface area contributed by atoms with Crippen LogP contribution in [0.2, 0.25) is 0 Å². The predicted octanol–water partition coefficient (Wildman–Crippen LogP) is 1.29. The summed E-state index contributed by atoms with van der Waals surface area (Å²) in [4.78, 5) is 11.3. The maximum atomic E-state index is 11.3. The van der Waals surface area contributed by atoms with E-state index >= 15 is 0 Å². The Morgan fingerprint density at radius 2 is 2.33 bits per heavy atom. The van der Waals surface area contributed by atoms with E-state index in [9.17, 15) is 4.79 Å². The lowest BCUT2D eigenvalue weighted by molar-refractivity contribution is -0.122. The fourth-order valence-corrected chi connectivity index (χ4v) is 1.33. The Hall–Kier alpha value is -1.43. The van der Waals surface area contributed by atoms with Gasteiger partial charge in [0.25, 0.3) is 0 Å². The molecule has 0 aromatic carbocycles. The molecular weight excluding hydrogens is 232 g/mol. The first-order valence-electron chi connectivity index (χ1n) is 6.38. The van der Waals surface area contributed by atoms with Crippen molar-refractivity contribution in [3.8, 4) is 0 Å². The van der Waals surface area contributed by atoms with E-state index in [-0.39, 0.29) is 5.91 Å². The number of ether oxygens (including phenoxy) is 1. The second-order valence-corrected chi connectivity index (χ2v) is 4.44. The predicted molar refractivity (Wildman–Crippen MR) is 68.0 cm³/mol. The molecule has 0 atom stereocenters. The first-order valence-corrected chi connectivity index (χ1v) is 6.38. The summed E-state index contributed by atoms with van der Waals surface area (Å²) in [6, 6.07) is 0.297. The third kappa shape index (κ3) is 5.27. The molecular formula is C12H22N4O2. The lowest BCUT2D eigenvalue weighted by Gasteiger charge is -2.04. The summed E-state index contributed by atoms with van der Waals surface area (Å²) in [7, 11) is 0. The zero-order valence-corrected chi connectivity index (χ0v) is 11.3. The van der Waals surface area contributed by atoms with Crippen LogP contribution in [0, 0.1) is 0 Å². The number of aromatic nitrogens is 3. The third-order valence-corrected chi connectivity index (χ3v) is 2.38. The van der Waals surface area contributed by atoms with E-state index in [1.54, 1.807) is 4.68 Å². The van der Waals surface area contributed by atoms with Gasteiger partial charge in [-0.15, -0.1) is 5.10 Å². The summed E-state index contributed by atoms with van der Waals surface area (Å²) in [6.07, 6.45) is 3.20. The molecule has 0 saturated heterocycles. The van der Waals surface area contributed by atoms with Gasteiger partial charge < -0.3 is 10.1 Å². The average molecular weight is 254 g/mol. The molecule has 0 aliphatic carbocycles. The number of rotatable bonds is 8. The SMILES string of the molecule is CCCNC(=O)CCOCc1cn(C(C)C)nn1. The van der Waals surface area contributed by atoms with Gasteiger partial charge in [0.05, 0.1) is 19.4 Å². The Balaban J connectivity index is 2.15. The van der Waals surface area contributed by atoms with Crippen LogP contribution in [-0.4, -0.2) is 34.1 Å². The van der Waals surface area contributed by atoms with Crippen LogP contribution in [0.5, 0.6) is 0 Å². The van der Waals surface area contributed by atoms with Crippen molar-refractivity contribution >= 4 is 5.91 Å². The molecule has 1 N–H and O–H groups in total. The van der Waals surface area contributed by atoms with Crippen LogP contribution in [0.1, 0.15) is 45.3 Å². The highest BCUT2D eigenvalue weighted by molar-refractivity contribution is 5.75. The van der Waals surface area contributed by atoms with Gasteiger partial charge in [-0.2, -0.15) is 0 Å². The smallest absolute Gasteiger partial charge is 0.222 e. The summed E-state index contributed by atoms with van der Waals surface area (Å²) in [5.74, 6) is 0.0303. The molecule has 1 aromatic heterocycles. The normalized spacial score (nSPS) is 10.9. The molecule has 1 aromatic rings. The van der Waals surface area contributed by atoms with E-state index < -0.39 is 0 Å². The van der Waals surface area contributed by atoms with E-state index in [1.165, 1.54) is 0 Å². The third-order valence-electron chi connectivity index (χ3n) is 2.38. The minimum Gasteiger partial charge on any atom is -0.374 e. The van der Waals surface area contributed by atoms with Crippen molar-refractivity contribution in [3.05, 3.63) is 11.9 Å². The molecule has 1 rings (SSSR count). The maximum Gasteiger partial charge on any atom is 0.222 e. The Morgan fingerprint density at radius 3 is 2.94 bits per heavy atom. The molecule has 0 spiro atoms. The van der Waals surface area contributed by atoms with Crippen molar-refractivity contribution in [2.75, 3.05) is 13.2 Å². The van der Waals surface area contributed by atoms with Gasteiger partial charge in [-0.3, -0.25) is 4.79 Å². The number of hydrogen-bond donors (Lipinski definition) is 1. The van der Waals surface area contributed by atoms with Gasteiger partial charge in [0.2, 0.25) is 5.91 Å². The zero-order valence-electron chi connectivity index (χ0n) is 11.3. The van der Waals surface area contributed by atoms with Crippen LogP contribution in [0.25, 0.3) is 0 Å². The van der Waals surface area contributed by atoms with E-state index in [1.807, 2.05) is 27.0 Å². The highest BCUT2D eigenvalue weighted by Gasteiger charge is 2.04. The molecule has 0 saturated carbocycles. The van der Waals surface area contributed by atoms with E-state index in [4.69, 9.17) is 4.74 Å². The quantitative estimate of drug-likeness (QED) is 0.710.